The van der Waals surface area contributed by atoms with Gasteiger partial charge in [-0.05, 0) is 44.7 Å². The van der Waals surface area contributed by atoms with Crippen LogP contribution >= 0.6 is 0 Å². The molecule has 130 valence electrons. The van der Waals surface area contributed by atoms with Crippen molar-refractivity contribution in [3.05, 3.63) is 28.8 Å². The van der Waals surface area contributed by atoms with Crippen LogP contribution in [0.2, 0.25) is 0 Å². The molecule has 0 amide bonds. The lowest BCUT2D eigenvalue weighted by atomic mass is 9.93. The zero-order chi connectivity index (χ0) is 16.7. The van der Waals surface area contributed by atoms with Crippen LogP contribution in [0.25, 0.3) is 0 Å². The quantitative estimate of drug-likeness (QED) is 0.723. The van der Waals surface area contributed by atoms with Crippen molar-refractivity contribution in [2.24, 2.45) is 0 Å². The number of nitrogens with one attached hydrogen (secondary N) is 1. The first-order chi connectivity index (χ1) is 11.1. The van der Waals surface area contributed by atoms with Gasteiger partial charge in [0.05, 0.1) is 19.3 Å². The van der Waals surface area contributed by atoms with Crippen molar-refractivity contribution in [2.75, 3.05) is 26.4 Å². The molecular weight excluding hydrogens is 290 g/mol. The van der Waals surface area contributed by atoms with E-state index in [1.54, 1.807) is 0 Å². The Kier molecular flexibility index (Phi) is 7.34. The van der Waals surface area contributed by atoms with Gasteiger partial charge in [0.2, 0.25) is 0 Å². The molecule has 1 aromatic carbocycles. The maximum absolute atomic E-state index is 9.88. The Morgan fingerprint density at radius 3 is 2.43 bits per heavy atom. The molecule has 0 aliphatic heterocycles. The topological polar surface area (TPSA) is 50.7 Å². The van der Waals surface area contributed by atoms with Crippen molar-refractivity contribution >= 4 is 0 Å². The largest absolute Gasteiger partial charge is 0.491 e. The molecule has 1 fully saturated rings. The highest BCUT2D eigenvalue weighted by Gasteiger charge is 2.21. The summed E-state index contributed by atoms with van der Waals surface area (Å²) in [5.41, 5.74) is 3.62. The number of hydrogen-bond acceptors (Lipinski definition) is 4. The summed E-state index contributed by atoms with van der Waals surface area (Å²) in [4.78, 5) is 0. The zero-order valence-corrected chi connectivity index (χ0v) is 14.7. The number of aryl methyl sites for hydroxylation is 3. The average Bonchev–Trinajstić information content (AvgIpc) is 2.50. The standard InChI is InChI=1S/C19H31NO3/c1-14-12-15(2)19(16(3)13-14)23-11-10-22-9-8-20-17-6-4-5-7-18(17)21/h12-13,17-18,20-21H,4-11H2,1-3H3/t17-,18-/m1/s1. The molecule has 0 heterocycles. The lowest BCUT2D eigenvalue weighted by Gasteiger charge is -2.28. The summed E-state index contributed by atoms with van der Waals surface area (Å²) in [5, 5.41) is 13.3. The van der Waals surface area contributed by atoms with E-state index in [-0.39, 0.29) is 12.1 Å². The second-order valence-electron chi connectivity index (χ2n) is 6.60. The van der Waals surface area contributed by atoms with Crippen molar-refractivity contribution in [1.82, 2.24) is 5.32 Å². The van der Waals surface area contributed by atoms with Gasteiger partial charge in [-0.2, -0.15) is 0 Å². The van der Waals surface area contributed by atoms with Crippen LogP contribution in [0.15, 0.2) is 12.1 Å². The molecule has 2 rings (SSSR count). The second-order valence-corrected chi connectivity index (χ2v) is 6.60. The van der Waals surface area contributed by atoms with Gasteiger partial charge in [0, 0.05) is 12.6 Å². The number of hydrogen-bond donors (Lipinski definition) is 2. The van der Waals surface area contributed by atoms with E-state index in [4.69, 9.17) is 9.47 Å². The highest BCUT2D eigenvalue weighted by Crippen LogP contribution is 2.24. The maximum Gasteiger partial charge on any atom is 0.125 e. The number of rotatable bonds is 8. The average molecular weight is 321 g/mol. The fourth-order valence-electron chi connectivity index (χ4n) is 3.37. The van der Waals surface area contributed by atoms with Gasteiger partial charge < -0.3 is 19.9 Å². The van der Waals surface area contributed by atoms with Crippen LogP contribution in [0, 0.1) is 20.8 Å². The van der Waals surface area contributed by atoms with E-state index >= 15 is 0 Å². The predicted octanol–water partition coefficient (Wildman–Crippen LogP) is 2.90. The maximum atomic E-state index is 9.88. The minimum atomic E-state index is -0.195. The molecule has 0 bridgehead atoms. The smallest absolute Gasteiger partial charge is 0.125 e. The minimum absolute atomic E-state index is 0.195. The van der Waals surface area contributed by atoms with Crippen molar-refractivity contribution < 1.29 is 14.6 Å². The Labute approximate surface area is 140 Å². The molecule has 4 heteroatoms. The van der Waals surface area contributed by atoms with E-state index < -0.39 is 0 Å². The second kappa shape index (κ2) is 9.26. The van der Waals surface area contributed by atoms with Crippen LogP contribution in [-0.4, -0.2) is 43.6 Å². The lowest BCUT2D eigenvalue weighted by Crippen LogP contribution is -2.43. The molecule has 2 N–H and O–H groups in total. The van der Waals surface area contributed by atoms with Crippen molar-refractivity contribution in [1.29, 1.82) is 0 Å². The van der Waals surface area contributed by atoms with E-state index in [0.717, 1.165) is 31.6 Å². The van der Waals surface area contributed by atoms with Gasteiger partial charge in [-0.3, -0.25) is 0 Å². The van der Waals surface area contributed by atoms with E-state index in [2.05, 4.69) is 38.2 Å². The number of ether oxygens (including phenoxy) is 2. The number of aliphatic hydroxyl groups is 1. The van der Waals surface area contributed by atoms with Crippen LogP contribution in [0.5, 0.6) is 5.75 Å². The Bertz CT molecular complexity index is 466. The molecule has 1 aliphatic carbocycles. The van der Waals surface area contributed by atoms with Gasteiger partial charge in [-0.15, -0.1) is 0 Å². The fourth-order valence-corrected chi connectivity index (χ4v) is 3.37. The van der Waals surface area contributed by atoms with E-state index in [1.807, 2.05) is 0 Å². The summed E-state index contributed by atoms with van der Waals surface area (Å²) < 4.78 is 11.5. The Hall–Kier alpha value is -1.10. The van der Waals surface area contributed by atoms with Gasteiger partial charge in [-0.25, -0.2) is 0 Å². The number of aliphatic hydroxyl groups excluding tert-OH is 1. The molecule has 4 nitrogen and oxygen atoms in total. The third-order valence-corrected chi connectivity index (χ3v) is 4.46. The van der Waals surface area contributed by atoms with Crippen molar-refractivity contribution in [3.63, 3.8) is 0 Å². The molecule has 23 heavy (non-hydrogen) atoms. The molecule has 1 aromatic rings. The zero-order valence-electron chi connectivity index (χ0n) is 14.7. The highest BCUT2D eigenvalue weighted by atomic mass is 16.5. The number of benzene rings is 1. The Morgan fingerprint density at radius 2 is 1.74 bits per heavy atom. The van der Waals surface area contributed by atoms with Gasteiger partial charge in [-0.1, -0.05) is 30.5 Å². The summed E-state index contributed by atoms with van der Waals surface area (Å²) in [7, 11) is 0. The first-order valence-electron chi connectivity index (χ1n) is 8.78. The molecule has 1 saturated carbocycles. The van der Waals surface area contributed by atoms with Crippen molar-refractivity contribution in [2.45, 2.75) is 58.6 Å². The first kappa shape index (κ1) is 18.2. The Balaban J connectivity index is 1.58. The monoisotopic (exact) mass is 321 g/mol. The Morgan fingerprint density at radius 1 is 1.04 bits per heavy atom. The third-order valence-electron chi connectivity index (χ3n) is 4.46. The third kappa shape index (κ3) is 5.79. The van der Waals surface area contributed by atoms with Gasteiger partial charge in [0.1, 0.15) is 12.4 Å². The summed E-state index contributed by atoms with van der Waals surface area (Å²) in [5.74, 6) is 0.975. The summed E-state index contributed by atoms with van der Waals surface area (Å²) in [6.45, 7) is 8.84. The van der Waals surface area contributed by atoms with Gasteiger partial charge in [0.15, 0.2) is 0 Å². The van der Waals surface area contributed by atoms with Gasteiger partial charge in [0.25, 0.3) is 0 Å². The molecule has 0 spiro atoms. The molecule has 1 aliphatic rings. The highest BCUT2D eigenvalue weighted by molar-refractivity contribution is 5.42. The first-order valence-corrected chi connectivity index (χ1v) is 8.78. The molecule has 0 saturated heterocycles. The van der Waals surface area contributed by atoms with Crippen LogP contribution in [0.4, 0.5) is 0 Å². The van der Waals surface area contributed by atoms with Crippen molar-refractivity contribution in [3.8, 4) is 5.75 Å². The molecule has 0 unspecified atom stereocenters. The summed E-state index contributed by atoms with van der Waals surface area (Å²) in [6.07, 6.45) is 4.14. The minimum Gasteiger partial charge on any atom is -0.491 e. The van der Waals surface area contributed by atoms with Crippen LogP contribution < -0.4 is 10.1 Å². The molecule has 0 radical (unpaired) electrons. The summed E-state index contributed by atoms with van der Waals surface area (Å²) >= 11 is 0. The fraction of sp³-hybridized carbons (Fsp3) is 0.684. The van der Waals surface area contributed by atoms with Crippen LogP contribution in [0.3, 0.4) is 0 Å². The lowest BCUT2D eigenvalue weighted by molar-refractivity contribution is 0.0732. The molecular formula is C19H31NO3. The summed E-state index contributed by atoms with van der Waals surface area (Å²) in [6, 6.07) is 4.52. The van der Waals surface area contributed by atoms with Gasteiger partial charge >= 0.3 is 0 Å². The predicted molar refractivity (Wildman–Crippen MR) is 93.2 cm³/mol. The van der Waals surface area contributed by atoms with Crippen LogP contribution in [-0.2, 0) is 4.74 Å². The SMILES string of the molecule is Cc1cc(C)c(OCCOCCN[C@@H]2CCCC[C@H]2O)c(C)c1. The van der Waals surface area contributed by atoms with E-state index in [0.29, 0.717) is 19.8 Å². The van der Waals surface area contributed by atoms with E-state index in [1.165, 1.54) is 23.1 Å². The molecule has 0 aromatic heterocycles. The molecule has 2 atom stereocenters. The van der Waals surface area contributed by atoms with Crippen LogP contribution in [0.1, 0.15) is 42.4 Å². The van der Waals surface area contributed by atoms with E-state index in [9.17, 15) is 5.11 Å². The normalized spacial score (nSPS) is 21.4.